The Morgan fingerprint density at radius 2 is 2.05 bits per heavy atom. The van der Waals surface area contributed by atoms with Crippen LogP contribution in [-0.2, 0) is 5.75 Å². The van der Waals surface area contributed by atoms with E-state index in [1.807, 2.05) is 31.2 Å². The van der Waals surface area contributed by atoms with Gasteiger partial charge in [0.2, 0.25) is 0 Å². The first-order chi connectivity index (χ1) is 9.47. The number of aromatic carboxylic acids is 1. The number of anilines is 1. The minimum Gasteiger partial charge on any atom is -0.478 e. The van der Waals surface area contributed by atoms with Gasteiger partial charge < -0.3 is 10.8 Å². The van der Waals surface area contributed by atoms with Gasteiger partial charge in [-0.25, -0.2) is 4.79 Å². The molecule has 104 valence electrons. The van der Waals surface area contributed by atoms with Gasteiger partial charge in [0.1, 0.15) is 0 Å². The molecule has 0 amide bonds. The van der Waals surface area contributed by atoms with Gasteiger partial charge in [0.05, 0.1) is 5.56 Å². The second kappa shape index (κ2) is 6.33. The summed E-state index contributed by atoms with van der Waals surface area (Å²) in [6, 6.07) is 10.9. The number of carboxylic acids is 1. The minimum absolute atomic E-state index is 0.283. The Bertz CT molecular complexity index is 658. The van der Waals surface area contributed by atoms with Crippen molar-refractivity contribution in [3.8, 4) is 0 Å². The van der Waals surface area contributed by atoms with Crippen molar-refractivity contribution in [3.05, 3.63) is 57.6 Å². The molecule has 0 spiro atoms. The summed E-state index contributed by atoms with van der Waals surface area (Å²) in [4.78, 5) is 12.0. The summed E-state index contributed by atoms with van der Waals surface area (Å²) in [6.45, 7) is 2.05. The van der Waals surface area contributed by atoms with Gasteiger partial charge in [0.25, 0.3) is 0 Å². The van der Waals surface area contributed by atoms with Gasteiger partial charge in [-0.3, -0.25) is 0 Å². The van der Waals surface area contributed by atoms with Crippen molar-refractivity contribution in [2.45, 2.75) is 17.6 Å². The molecule has 0 fully saturated rings. The highest BCUT2D eigenvalue weighted by atomic mass is 79.9. The quantitative estimate of drug-likeness (QED) is 0.635. The first-order valence-corrected chi connectivity index (χ1v) is 7.76. The van der Waals surface area contributed by atoms with Crippen LogP contribution in [0.25, 0.3) is 0 Å². The van der Waals surface area contributed by atoms with E-state index in [9.17, 15) is 4.79 Å². The number of hydrogen-bond acceptors (Lipinski definition) is 3. The molecule has 0 radical (unpaired) electrons. The van der Waals surface area contributed by atoms with Crippen LogP contribution >= 0.6 is 27.7 Å². The van der Waals surface area contributed by atoms with Crippen molar-refractivity contribution in [3.63, 3.8) is 0 Å². The van der Waals surface area contributed by atoms with Gasteiger partial charge >= 0.3 is 5.97 Å². The van der Waals surface area contributed by atoms with E-state index < -0.39 is 5.97 Å². The fourth-order valence-corrected chi connectivity index (χ4v) is 3.51. The second-order valence-corrected chi connectivity index (χ2v) is 6.30. The Balaban J connectivity index is 2.15. The molecular formula is C15H14BrNO2S. The minimum atomic E-state index is -0.920. The molecule has 0 unspecified atom stereocenters. The fraction of sp³-hybridized carbons (Fsp3) is 0.133. The van der Waals surface area contributed by atoms with Crippen LogP contribution in [0.1, 0.15) is 21.5 Å². The summed E-state index contributed by atoms with van der Waals surface area (Å²) in [5.74, 6) is -0.165. The molecule has 20 heavy (non-hydrogen) atoms. The number of carbonyl (C=O) groups is 1. The lowest BCUT2D eigenvalue weighted by atomic mass is 10.1. The maximum Gasteiger partial charge on any atom is 0.335 e. The lowest BCUT2D eigenvalue weighted by Gasteiger charge is -2.08. The van der Waals surface area contributed by atoms with E-state index in [1.165, 1.54) is 5.56 Å². The van der Waals surface area contributed by atoms with Crippen LogP contribution in [0.5, 0.6) is 0 Å². The number of nitrogens with two attached hydrogens (primary N) is 1. The van der Waals surface area contributed by atoms with Crippen molar-refractivity contribution >= 4 is 39.3 Å². The molecule has 0 saturated carbocycles. The van der Waals surface area contributed by atoms with Gasteiger partial charge in [0, 0.05) is 20.8 Å². The van der Waals surface area contributed by atoms with Crippen LogP contribution in [0.4, 0.5) is 5.69 Å². The summed E-state index contributed by atoms with van der Waals surface area (Å²) >= 11 is 5.11. The third kappa shape index (κ3) is 3.55. The lowest BCUT2D eigenvalue weighted by Crippen LogP contribution is -1.97. The predicted molar refractivity (Wildman–Crippen MR) is 86.3 cm³/mol. The molecule has 3 N–H and O–H groups in total. The van der Waals surface area contributed by atoms with Crippen LogP contribution in [0.15, 0.2) is 45.8 Å². The number of carboxylic acid groups (broad SMARTS) is 1. The summed E-state index contributed by atoms with van der Waals surface area (Å²) in [6.07, 6.45) is 0. The normalized spacial score (nSPS) is 10.5. The number of aryl methyl sites for hydroxylation is 1. The molecule has 0 aliphatic rings. The monoisotopic (exact) mass is 351 g/mol. The van der Waals surface area contributed by atoms with Crippen LogP contribution in [0, 0.1) is 6.92 Å². The molecular weight excluding hydrogens is 338 g/mol. The van der Waals surface area contributed by atoms with Crippen LogP contribution in [0.3, 0.4) is 0 Å². The van der Waals surface area contributed by atoms with Crippen LogP contribution in [0.2, 0.25) is 0 Å². The third-order valence-corrected chi connectivity index (χ3v) is 4.84. The van der Waals surface area contributed by atoms with Crippen molar-refractivity contribution in [2.75, 3.05) is 5.73 Å². The van der Waals surface area contributed by atoms with E-state index in [1.54, 1.807) is 23.9 Å². The Hall–Kier alpha value is -1.46. The zero-order valence-electron chi connectivity index (χ0n) is 10.9. The highest BCUT2D eigenvalue weighted by Gasteiger charge is 2.08. The number of hydrogen-bond donors (Lipinski definition) is 2. The number of halogens is 1. The first kappa shape index (κ1) is 14.9. The Morgan fingerprint density at radius 3 is 2.70 bits per heavy atom. The van der Waals surface area contributed by atoms with Gasteiger partial charge in [-0.1, -0.05) is 28.1 Å². The molecule has 2 aromatic carbocycles. The Kier molecular flexibility index (Phi) is 4.73. The van der Waals surface area contributed by atoms with Crippen molar-refractivity contribution in [1.82, 2.24) is 0 Å². The molecule has 5 heteroatoms. The smallest absolute Gasteiger partial charge is 0.335 e. The van der Waals surface area contributed by atoms with Crippen LogP contribution < -0.4 is 5.73 Å². The predicted octanol–water partition coefficient (Wildman–Crippen LogP) is 4.33. The maximum absolute atomic E-state index is 10.9. The van der Waals surface area contributed by atoms with E-state index in [-0.39, 0.29) is 5.56 Å². The molecule has 0 heterocycles. The molecule has 0 bridgehead atoms. The van der Waals surface area contributed by atoms with E-state index >= 15 is 0 Å². The lowest BCUT2D eigenvalue weighted by molar-refractivity contribution is 0.0697. The molecule has 2 aromatic rings. The molecule has 0 aliphatic carbocycles. The summed E-state index contributed by atoms with van der Waals surface area (Å²) in [5.41, 5.74) is 9.06. The van der Waals surface area contributed by atoms with Crippen LogP contribution in [-0.4, -0.2) is 11.1 Å². The van der Waals surface area contributed by atoms with Crippen molar-refractivity contribution in [1.29, 1.82) is 0 Å². The van der Waals surface area contributed by atoms with Crippen molar-refractivity contribution in [2.24, 2.45) is 0 Å². The fourth-order valence-electron chi connectivity index (χ4n) is 1.73. The maximum atomic E-state index is 10.9. The molecule has 3 nitrogen and oxygen atoms in total. The van der Waals surface area contributed by atoms with E-state index in [0.29, 0.717) is 0 Å². The summed E-state index contributed by atoms with van der Waals surface area (Å²) < 4.78 is 0.812. The highest BCUT2D eigenvalue weighted by molar-refractivity contribution is 9.10. The van der Waals surface area contributed by atoms with E-state index in [4.69, 9.17) is 10.8 Å². The molecule has 0 atom stereocenters. The molecule has 2 rings (SSSR count). The number of rotatable bonds is 4. The molecule has 0 saturated heterocycles. The summed E-state index contributed by atoms with van der Waals surface area (Å²) in [7, 11) is 0. The largest absolute Gasteiger partial charge is 0.478 e. The van der Waals surface area contributed by atoms with Gasteiger partial charge in [-0.05, 0) is 42.3 Å². The zero-order valence-corrected chi connectivity index (χ0v) is 13.3. The topological polar surface area (TPSA) is 63.3 Å². The zero-order chi connectivity index (χ0) is 14.7. The van der Waals surface area contributed by atoms with Gasteiger partial charge in [-0.2, -0.15) is 0 Å². The summed E-state index contributed by atoms with van der Waals surface area (Å²) in [5, 5.41) is 8.94. The standard InChI is InChI=1S/C15H14BrNO2S/c1-9-2-5-12(17)7-14(9)20-8-11-4-3-10(15(18)19)6-13(11)16/h2-7H,8,17H2,1H3,(H,18,19). The number of benzene rings is 2. The number of nitrogen functional groups attached to an aromatic ring is 1. The third-order valence-electron chi connectivity index (χ3n) is 2.90. The van der Waals surface area contributed by atoms with Crippen molar-refractivity contribution < 1.29 is 9.90 Å². The molecule has 0 aromatic heterocycles. The Morgan fingerprint density at radius 1 is 1.30 bits per heavy atom. The Labute approximate surface area is 130 Å². The second-order valence-electron chi connectivity index (χ2n) is 4.42. The highest BCUT2D eigenvalue weighted by Crippen LogP contribution is 2.30. The first-order valence-electron chi connectivity index (χ1n) is 5.98. The SMILES string of the molecule is Cc1ccc(N)cc1SCc1ccc(C(=O)O)cc1Br. The van der Waals surface area contributed by atoms with E-state index in [2.05, 4.69) is 15.9 Å². The average Bonchev–Trinajstić information content (AvgIpc) is 2.40. The van der Waals surface area contributed by atoms with Gasteiger partial charge in [-0.15, -0.1) is 11.8 Å². The average molecular weight is 352 g/mol. The van der Waals surface area contributed by atoms with Gasteiger partial charge in [0.15, 0.2) is 0 Å². The van der Waals surface area contributed by atoms with E-state index in [0.717, 1.165) is 26.4 Å². The molecule has 0 aliphatic heterocycles. The number of thioether (sulfide) groups is 1.